The van der Waals surface area contributed by atoms with Crippen molar-refractivity contribution in [2.24, 2.45) is 5.73 Å². The predicted molar refractivity (Wildman–Crippen MR) is 65.4 cm³/mol. The number of nitrogens with two attached hydrogens (primary N) is 1. The SMILES string of the molecule is Cc1ccc(Cl)cc1C(=O)C(N)CCC(=O)O. The first-order chi connectivity index (χ1) is 7.91. The molecular weight excluding hydrogens is 242 g/mol. The first-order valence-corrected chi connectivity index (χ1v) is 5.57. The second-order valence-electron chi connectivity index (χ2n) is 3.86. The summed E-state index contributed by atoms with van der Waals surface area (Å²) in [4.78, 5) is 22.3. The Morgan fingerprint density at radius 3 is 2.71 bits per heavy atom. The fourth-order valence-electron chi connectivity index (χ4n) is 1.47. The zero-order valence-corrected chi connectivity index (χ0v) is 10.2. The standard InChI is InChI=1S/C12H14ClNO3/c1-7-2-3-8(13)6-9(7)12(17)10(14)4-5-11(15)16/h2-3,6,10H,4-5,14H2,1H3,(H,15,16). The van der Waals surface area contributed by atoms with Crippen LogP contribution in [-0.4, -0.2) is 22.9 Å². The molecule has 1 aromatic rings. The molecule has 0 amide bonds. The van der Waals surface area contributed by atoms with Crippen LogP contribution in [-0.2, 0) is 4.79 Å². The summed E-state index contributed by atoms with van der Waals surface area (Å²) in [6, 6.07) is 4.18. The molecule has 0 spiro atoms. The van der Waals surface area contributed by atoms with E-state index in [1.807, 2.05) is 0 Å². The average Bonchev–Trinajstić information content (AvgIpc) is 2.28. The third-order valence-electron chi connectivity index (χ3n) is 2.47. The van der Waals surface area contributed by atoms with Gasteiger partial charge in [-0.3, -0.25) is 9.59 Å². The molecule has 3 N–H and O–H groups in total. The van der Waals surface area contributed by atoms with E-state index in [0.29, 0.717) is 10.6 Å². The van der Waals surface area contributed by atoms with Crippen molar-refractivity contribution in [3.8, 4) is 0 Å². The van der Waals surface area contributed by atoms with Crippen LogP contribution in [0.3, 0.4) is 0 Å². The highest BCUT2D eigenvalue weighted by Crippen LogP contribution is 2.17. The first kappa shape index (κ1) is 13.7. The minimum absolute atomic E-state index is 0.119. The second kappa shape index (κ2) is 5.80. The van der Waals surface area contributed by atoms with E-state index >= 15 is 0 Å². The van der Waals surface area contributed by atoms with Gasteiger partial charge in [-0.05, 0) is 31.0 Å². The Hall–Kier alpha value is -1.39. The van der Waals surface area contributed by atoms with Crippen LogP contribution in [0.2, 0.25) is 5.02 Å². The number of aliphatic carboxylic acids is 1. The number of aryl methyl sites for hydroxylation is 1. The minimum atomic E-state index is -0.962. The van der Waals surface area contributed by atoms with Gasteiger partial charge in [0.15, 0.2) is 5.78 Å². The smallest absolute Gasteiger partial charge is 0.303 e. The van der Waals surface area contributed by atoms with Crippen molar-refractivity contribution in [2.75, 3.05) is 0 Å². The van der Waals surface area contributed by atoms with E-state index in [9.17, 15) is 9.59 Å². The Kier molecular flexibility index (Phi) is 4.66. The lowest BCUT2D eigenvalue weighted by Gasteiger charge is -2.11. The summed E-state index contributed by atoms with van der Waals surface area (Å²) in [6.07, 6.45) is 0.00659. The summed E-state index contributed by atoms with van der Waals surface area (Å²) in [7, 11) is 0. The van der Waals surface area contributed by atoms with Crippen molar-refractivity contribution in [3.05, 3.63) is 34.3 Å². The number of benzene rings is 1. The third-order valence-corrected chi connectivity index (χ3v) is 2.71. The quantitative estimate of drug-likeness (QED) is 0.789. The van der Waals surface area contributed by atoms with Crippen molar-refractivity contribution >= 4 is 23.4 Å². The number of ketones is 1. The summed E-state index contributed by atoms with van der Waals surface area (Å²) in [5.74, 6) is -1.23. The molecule has 4 nitrogen and oxygen atoms in total. The largest absolute Gasteiger partial charge is 0.481 e. The molecule has 1 rings (SSSR count). The van der Waals surface area contributed by atoms with Gasteiger partial charge < -0.3 is 10.8 Å². The molecule has 0 aliphatic rings. The van der Waals surface area contributed by atoms with E-state index in [2.05, 4.69) is 0 Å². The van der Waals surface area contributed by atoms with Gasteiger partial charge in [-0.15, -0.1) is 0 Å². The zero-order chi connectivity index (χ0) is 13.0. The number of hydrogen-bond donors (Lipinski definition) is 2. The van der Waals surface area contributed by atoms with E-state index in [4.69, 9.17) is 22.4 Å². The molecule has 0 fully saturated rings. The molecule has 0 aliphatic heterocycles. The van der Waals surface area contributed by atoms with E-state index in [1.54, 1.807) is 25.1 Å². The van der Waals surface area contributed by atoms with Crippen LogP contribution in [0.15, 0.2) is 18.2 Å². The molecule has 17 heavy (non-hydrogen) atoms. The lowest BCUT2D eigenvalue weighted by molar-refractivity contribution is -0.137. The van der Waals surface area contributed by atoms with E-state index in [1.165, 1.54) is 0 Å². The molecule has 0 saturated carbocycles. The molecular formula is C12H14ClNO3. The molecule has 92 valence electrons. The minimum Gasteiger partial charge on any atom is -0.481 e. The van der Waals surface area contributed by atoms with Gasteiger partial charge in [-0.1, -0.05) is 17.7 Å². The van der Waals surface area contributed by atoms with Crippen LogP contribution in [0.4, 0.5) is 0 Å². The molecule has 0 aromatic heterocycles. The number of Topliss-reactive ketones (excluding diaryl/α,β-unsaturated/α-hetero) is 1. The summed E-state index contributed by atoms with van der Waals surface area (Å²) >= 11 is 5.81. The van der Waals surface area contributed by atoms with Crippen LogP contribution >= 0.6 is 11.6 Å². The normalized spacial score (nSPS) is 12.2. The molecule has 0 aliphatic carbocycles. The maximum atomic E-state index is 12.0. The van der Waals surface area contributed by atoms with Gasteiger partial charge in [0, 0.05) is 17.0 Å². The lowest BCUT2D eigenvalue weighted by atomic mass is 9.97. The summed E-state index contributed by atoms with van der Waals surface area (Å²) in [5, 5.41) is 8.99. The van der Waals surface area contributed by atoms with Crippen molar-refractivity contribution in [2.45, 2.75) is 25.8 Å². The number of halogens is 1. The van der Waals surface area contributed by atoms with Crippen LogP contribution in [0, 0.1) is 6.92 Å². The fourth-order valence-corrected chi connectivity index (χ4v) is 1.64. The number of carbonyl (C=O) groups is 2. The Bertz CT molecular complexity index is 445. The van der Waals surface area contributed by atoms with Crippen molar-refractivity contribution < 1.29 is 14.7 Å². The van der Waals surface area contributed by atoms with E-state index in [0.717, 1.165) is 5.56 Å². The van der Waals surface area contributed by atoms with Gasteiger partial charge in [-0.2, -0.15) is 0 Å². The van der Waals surface area contributed by atoms with Crippen LogP contribution in [0.5, 0.6) is 0 Å². The molecule has 1 aromatic carbocycles. The molecule has 0 saturated heterocycles. The fraction of sp³-hybridized carbons (Fsp3) is 0.333. The zero-order valence-electron chi connectivity index (χ0n) is 9.44. The molecule has 1 atom stereocenters. The lowest BCUT2D eigenvalue weighted by Crippen LogP contribution is -2.31. The van der Waals surface area contributed by atoms with Crippen LogP contribution in [0.1, 0.15) is 28.8 Å². The molecule has 0 bridgehead atoms. The molecule has 0 radical (unpaired) electrons. The van der Waals surface area contributed by atoms with Crippen molar-refractivity contribution in [1.82, 2.24) is 0 Å². The Morgan fingerprint density at radius 2 is 2.12 bits per heavy atom. The number of carboxylic acid groups (broad SMARTS) is 1. The Balaban J connectivity index is 2.81. The maximum Gasteiger partial charge on any atom is 0.303 e. The van der Waals surface area contributed by atoms with Crippen molar-refractivity contribution in [3.63, 3.8) is 0 Å². The molecule has 0 heterocycles. The highest BCUT2D eigenvalue weighted by Gasteiger charge is 2.18. The van der Waals surface area contributed by atoms with Gasteiger partial charge >= 0.3 is 5.97 Å². The van der Waals surface area contributed by atoms with E-state index < -0.39 is 12.0 Å². The highest BCUT2D eigenvalue weighted by atomic mass is 35.5. The predicted octanol–water partition coefficient (Wildman–Crippen LogP) is 2.02. The summed E-state index contributed by atoms with van der Waals surface area (Å²) < 4.78 is 0. The van der Waals surface area contributed by atoms with Gasteiger partial charge in [0.25, 0.3) is 0 Å². The Labute approximate surface area is 104 Å². The van der Waals surface area contributed by atoms with Gasteiger partial charge in [0.05, 0.1) is 6.04 Å². The summed E-state index contributed by atoms with van der Waals surface area (Å²) in [6.45, 7) is 1.79. The number of carboxylic acids is 1. The average molecular weight is 256 g/mol. The molecule has 1 unspecified atom stereocenters. The topological polar surface area (TPSA) is 80.4 Å². The van der Waals surface area contributed by atoms with Gasteiger partial charge in [-0.25, -0.2) is 0 Å². The summed E-state index contributed by atoms with van der Waals surface area (Å²) in [5.41, 5.74) is 6.90. The maximum absolute atomic E-state index is 12.0. The first-order valence-electron chi connectivity index (χ1n) is 5.19. The monoisotopic (exact) mass is 255 g/mol. The van der Waals surface area contributed by atoms with E-state index in [-0.39, 0.29) is 18.6 Å². The highest BCUT2D eigenvalue weighted by molar-refractivity contribution is 6.31. The van der Waals surface area contributed by atoms with Crippen LogP contribution < -0.4 is 5.73 Å². The van der Waals surface area contributed by atoms with Crippen molar-refractivity contribution in [1.29, 1.82) is 0 Å². The Morgan fingerprint density at radius 1 is 1.47 bits per heavy atom. The van der Waals surface area contributed by atoms with Crippen LogP contribution in [0.25, 0.3) is 0 Å². The third kappa shape index (κ3) is 3.84. The number of hydrogen-bond acceptors (Lipinski definition) is 3. The van der Waals surface area contributed by atoms with Gasteiger partial charge in [0.1, 0.15) is 0 Å². The van der Waals surface area contributed by atoms with Gasteiger partial charge in [0.2, 0.25) is 0 Å². The second-order valence-corrected chi connectivity index (χ2v) is 4.30. The molecule has 5 heteroatoms. The number of rotatable bonds is 5. The number of carbonyl (C=O) groups excluding carboxylic acids is 1.